The van der Waals surface area contributed by atoms with Gasteiger partial charge in [-0.1, -0.05) is 117 Å². The molecule has 0 aliphatic heterocycles. The summed E-state index contributed by atoms with van der Waals surface area (Å²) >= 11 is 0. The summed E-state index contributed by atoms with van der Waals surface area (Å²) < 4.78 is 2.46. The number of aromatic nitrogens is 1. The van der Waals surface area contributed by atoms with Crippen molar-refractivity contribution in [1.82, 2.24) is 4.57 Å². The summed E-state index contributed by atoms with van der Waals surface area (Å²) in [6, 6.07) is 49.0. The maximum atomic E-state index is 2.46. The van der Waals surface area contributed by atoms with Crippen molar-refractivity contribution in [1.29, 1.82) is 0 Å². The van der Waals surface area contributed by atoms with Crippen LogP contribution in [0, 0.1) is 0 Å². The van der Waals surface area contributed by atoms with Crippen LogP contribution in [-0.2, 0) is 0 Å². The van der Waals surface area contributed by atoms with Crippen LogP contribution in [0.15, 0.2) is 133 Å². The summed E-state index contributed by atoms with van der Waals surface area (Å²) in [4.78, 5) is 0. The molecule has 2 heterocycles. The molecule has 0 spiro atoms. The largest absolute Gasteiger partial charge is 0.309 e. The van der Waals surface area contributed by atoms with E-state index in [1.165, 1.54) is 64.6 Å². The third-order valence-corrected chi connectivity index (χ3v) is 10.1. The van der Waals surface area contributed by atoms with E-state index in [1.807, 2.05) is 0 Å². The highest BCUT2D eigenvalue weighted by Gasteiger charge is 2.22. The highest BCUT2D eigenvalue weighted by molar-refractivity contribution is 7.68. The zero-order valence-electron chi connectivity index (χ0n) is 19.6. The normalized spacial score (nSPS) is 12.4. The first-order chi connectivity index (χ1) is 17.9. The van der Waals surface area contributed by atoms with Crippen LogP contribution >= 0.6 is 7.53 Å². The number of para-hydroxylation sites is 1. The fourth-order valence-electron chi connectivity index (χ4n) is 6.02. The Morgan fingerprint density at radius 1 is 0.444 bits per heavy atom. The third-order valence-electron chi connectivity index (χ3n) is 7.48. The molecule has 2 aromatic heterocycles. The van der Waals surface area contributed by atoms with Gasteiger partial charge in [-0.05, 0) is 51.1 Å². The van der Waals surface area contributed by atoms with Gasteiger partial charge >= 0.3 is 0 Å². The molecule has 0 N–H and O–H groups in total. The molecule has 0 bridgehead atoms. The minimum absolute atomic E-state index is 0.669. The highest BCUT2D eigenvalue weighted by Crippen LogP contribution is 2.58. The first-order valence-corrected chi connectivity index (χ1v) is 13.7. The number of benzene rings is 6. The molecule has 0 saturated carbocycles. The Labute approximate surface area is 209 Å². The molecule has 6 aromatic carbocycles. The lowest BCUT2D eigenvalue weighted by atomic mass is 10.0. The van der Waals surface area contributed by atoms with E-state index in [9.17, 15) is 0 Å². The third kappa shape index (κ3) is 2.67. The van der Waals surface area contributed by atoms with Crippen LogP contribution in [-0.4, -0.2) is 4.57 Å². The van der Waals surface area contributed by atoms with E-state index in [1.54, 1.807) is 0 Å². The predicted molar refractivity (Wildman–Crippen MR) is 157 cm³/mol. The predicted octanol–water partition coefficient (Wildman–Crippen LogP) is 10.2. The molecule has 0 amide bonds. The van der Waals surface area contributed by atoms with E-state index in [-0.39, 0.29) is 0 Å². The summed E-state index contributed by atoms with van der Waals surface area (Å²) in [5.74, 6) is 0. The fourth-order valence-corrected chi connectivity index (χ4v) is 8.82. The summed E-state index contributed by atoms with van der Waals surface area (Å²) in [6.45, 7) is 0. The zero-order chi connectivity index (χ0) is 23.6. The molecule has 168 valence electrons. The van der Waals surface area contributed by atoms with Crippen molar-refractivity contribution >= 4 is 61.1 Å². The van der Waals surface area contributed by atoms with Crippen molar-refractivity contribution < 1.29 is 0 Å². The molecule has 1 unspecified atom stereocenters. The van der Waals surface area contributed by atoms with Crippen LogP contribution in [0.4, 0.5) is 0 Å². The van der Waals surface area contributed by atoms with Gasteiger partial charge in [-0.3, -0.25) is 0 Å². The molecule has 0 aliphatic rings. The second kappa shape index (κ2) is 7.59. The van der Waals surface area contributed by atoms with Crippen molar-refractivity contribution in [3.63, 3.8) is 0 Å². The van der Waals surface area contributed by atoms with Crippen LogP contribution in [0.2, 0.25) is 0 Å². The number of rotatable bonds is 2. The lowest BCUT2D eigenvalue weighted by molar-refractivity contribution is 1.18. The number of fused-ring (bicyclic) bond motifs is 9. The molecule has 0 fully saturated rings. The quantitative estimate of drug-likeness (QED) is 0.234. The highest BCUT2D eigenvalue weighted by atomic mass is 31.1. The lowest BCUT2D eigenvalue weighted by Gasteiger charge is -2.08. The minimum Gasteiger partial charge on any atom is -0.309 e. The summed E-state index contributed by atoms with van der Waals surface area (Å²) in [7, 11) is -0.669. The van der Waals surface area contributed by atoms with Crippen molar-refractivity contribution in [2.45, 2.75) is 0 Å². The Kier molecular flexibility index (Phi) is 4.20. The second-order valence-corrected chi connectivity index (χ2v) is 11.5. The van der Waals surface area contributed by atoms with Gasteiger partial charge in [0.1, 0.15) is 0 Å². The van der Waals surface area contributed by atoms with Gasteiger partial charge in [0.25, 0.3) is 0 Å². The summed E-state index contributed by atoms with van der Waals surface area (Å²) in [5.41, 5.74) is 3.75. The molecule has 8 rings (SSSR count). The summed E-state index contributed by atoms with van der Waals surface area (Å²) in [5, 5.41) is 12.5. The first kappa shape index (κ1) is 19.9. The molecule has 2 heteroatoms. The maximum absolute atomic E-state index is 2.46. The van der Waals surface area contributed by atoms with Gasteiger partial charge in [0.05, 0.1) is 11.0 Å². The van der Waals surface area contributed by atoms with Crippen molar-refractivity contribution in [2.75, 3.05) is 0 Å². The van der Waals surface area contributed by atoms with Crippen molar-refractivity contribution in [2.24, 2.45) is 0 Å². The standard InChI is InChI=1S/C34H22NP/c1-3-12-24(13-4-1)35-29-21-19-23-11-7-8-16-26(23)32(29)33-30(35)22-20-28-27-17-9-10-18-31(27)36(34(28)33)25-14-5-2-6-15-25/h1-22H. The SMILES string of the molecule is c1ccc(-n2c3ccc4ccccc4c3c3c2ccc2c4ccccc4p(-c4ccccc4)c23)cc1. The Morgan fingerprint density at radius 2 is 1.08 bits per heavy atom. The Bertz CT molecular complexity index is 2080. The van der Waals surface area contributed by atoms with Gasteiger partial charge in [0.15, 0.2) is 0 Å². The van der Waals surface area contributed by atoms with E-state index < -0.39 is 7.53 Å². The van der Waals surface area contributed by atoms with Crippen LogP contribution < -0.4 is 0 Å². The molecule has 1 nitrogen and oxygen atoms in total. The fraction of sp³-hybridized carbons (Fsp3) is 0. The Morgan fingerprint density at radius 3 is 1.92 bits per heavy atom. The van der Waals surface area contributed by atoms with Gasteiger partial charge in [0.2, 0.25) is 0 Å². The van der Waals surface area contributed by atoms with E-state index in [2.05, 4.69) is 138 Å². The van der Waals surface area contributed by atoms with Crippen LogP contribution in [0.3, 0.4) is 0 Å². The van der Waals surface area contributed by atoms with Crippen molar-refractivity contribution in [3.05, 3.63) is 133 Å². The van der Waals surface area contributed by atoms with Gasteiger partial charge in [0, 0.05) is 26.7 Å². The topological polar surface area (TPSA) is 4.93 Å². The minimum atomic E-state index is -0.669. The molecule has 0 aliphatic carbocycles. The molecular weight excluding hydrogens is 453 g/mol. The number of hydrogen-bond acceptors (Lipinski definition) is 0. The van der Waals surface area contributed by atoms with Gasteiger partial charge in [-0.25, -0.2) is 0 Å². The average molecular weight is 476 g/mol. The second-order valence-electron chi connectivity index (χ2n) is 9.40. The molecular formula is C34H22NP. The molecule has 0 radical (unpaired) electrons. The van der Waals surface area contributed by atoms with E-state index in [4.69, 9.17) is 0 Å². The Balaban J connectivity index is 1.71. The van der Waals surface area contributed by atoms with E-state index in [0.717, 1.165) is 0 Å². The van der Waals surface area contributed by atoms with Crippen molar-refractivity contribution in [3.8, 4) is 11.0 Å². The Hall–Kier alpha value is -4.32. The monoisotopic (exact) mass is 475 g/mol. The van der Waals surface area contributed by atoms with Gasteiger partial charge in [-0.15, -0.1) is 0 Å². The average Bonchev–Trinajstić information content (AvgIpc) is 3.47. The molecule has 36 heavy (non-hydrogen) atoms. The molecule has 1 atom stereocenters. The first-order valence-electron chi connectivity index (χ1n) is 12.4. The lowest BCUT2D eigenvalue weighted by Crippen LogP contribution is -1.92. The van der Waals surface area contributed by atoms with E-state index in [0.29, 0.717) is 0 Å². The molecule has 0 saturated heterocycles. The number of nitrogens with zero attached hydrogens (tertiary/aromatic N) is 1. The van der Waals surface area contributed by atoms with Crippen LogP contribution in [0.25, 0.3) is 64.6 Å². The van der Waals surface area contributed by atoms with Crippen LogP contribution in [0.5, 0.6) is 0 Å². The maximum Gasteiger partial charge on any atom is 0.0551 e. The smallest absolute Gasteiger partial charge is 0.0551 e. The molecule has 8 aromatic rings. The van der Waals surface area contributed by atoms with Crippen LogP contribution in [0.1, 0.15) is 0 Å². The van der Waals surface area contributed by atoms with E-state index >= 15 is 0 Å². The zero-order valence-corrected chi connectivity index (χ0v) is 20.5. The van der Waals surface area contributed by atoms with Gasteiger partial charge < -0.3 is 4.57 Å². The van der Waals surface area contributed by atoms with Gasteiger partial charge in [-0.2, -0.15) is 0 Å². The summed E-state index contributed by atoms with van der Waals surface area (Å²) in [6.07, 6.45) is 0. The number of hydrogen-bond donors (Lipinski definition) is 0.